The number of hydrogen-bond donors (Lipinski definition) is 0. The minimum absolute atomic E-state index is 0.240. The fraction of sp³-hybridized carbons (Fsp3) is 0.375. The normalized spacial score (nSPS) is 22.1. The zero-order valence-electron chi connectivity index (χ0n) is 17.0. The van der Waals surface area contributed by atoms with Crippen LogP contribution in [0.15, 0.2) is 65.4 Å². The Morgan fingerprint density at radius 3 is 2.53 bits per heavy atom. The van der Waals surface area contributed by atoms with Gasteiger partial charge in [0.2, 0.25) is 11.8 Å². The molecule has 0 bridgehead atoms. The predicted octanol–water partition coefficient (Wildman–Crippen LogP) is 3.89. The molecule has 1 spiro atoms. The highest BCUT2D eigenvalue weighted by Crippen LogP contribution is 2.39. The third-order valence-electron chi connectivity index (χ3n) is 6.33. The van der Waals surface area contributed by atoms with E-state index >= 15 is 0 Å². The molecule has 6 nitrogen and oxygen atoms in total. The number of benzene rings is 1. The number of aromatic nitrogens is 2. The molecule has 0 N–H and O–H groups in total. The molecule has 30 heavy (non-hydrogen) atoms. The van der Waals surface area contributed by atoms with E-state index in [0.29, 0.717) is 19.0 Å². The molecular weight excluding hydrogens is 376 g/mol. The lowest BCUT2D eigenvalue weighted by Gasteiger charge is -2.44. The Bertz CT molecular complexity index is 1000. The van der Waals surface area contributed by atoms with Crippen LogP contribution < -0.4 is 0 Å². The van der Waals surface area contributed by atoms with E-state index in [4.69, 9.17) is 9.40 Å². The molecule has 2 aliphatic rings. The Hall–Kier alpha value is -2.99. The second kappa shape index (κ2) is 8.03. The van der Waals surface area contributed by atoms with Gasteiger partial charge in [-0.1, -0.05) is 24.3 Å². The van der Waals surface area contributed by atoms with Crippen molar-refractivity contribution < 1.29 is 9.21 Å². The molecule has 0 radical (unpaired) electrons. The maximum Gasteiger partial charge on any atom is 0.243 e. The largest absolute Gasteiger partial charge is 0.444 e. The van der Waals surface area contributed by atoms with Gasteiger partial charge in [-0.15, -0.1) is 0 Å². The van der Waals surface area contributed by atoms with E-state index in [1.54, 1.807) is 12.5 Å². The maximum atomic E-state index is 13.6. The summed E-state index contributed by atoms with van der Waals surface area (Å²) in [5.41, 5.74) is 2.37. The fourth-order valence-corrected chi connectivity index (χ4v) is 4.88. The summed E-state index contributed by atoms with van der Waals surface area (Å²) in [7, 11) is 0. The second-order valence-electron chi connectivity index (χ2n) is 8.22. The van der Waals surface area contributed by atoms with Crippen molar-refractivity contribution in [2.75, 3.05) is 13.1 Å². The van der Waals surface area contributed by atoms with Crippen LogP contribution >= 0.6 is 0 Å². The Labute approximate surface area is 176 Å². The van der Waals surface area contributed by atoms with Crippen molar-refractivity contribution in [1.82, 2.24) is 19.8 Å². The molecule has 4 heterocycles. The molecule has 3 aromatic rings. The van der Waals surface area contributed by atoms with Crippen molar-refractivity contribution in [3.63, 3.8) is 0 Å². The molecule has 1 aromatic carbocycles. The number of oxazole rings is 1. The number of hydrogen-bond acceptors (Lipinski definition) is 5. The summed E-state index contributed by atoms with van der Waals surface area (Å²) in [5, 5.41) is 0. The van der Waals surface area contributed by atoms with Gasteiger partial charge in [0, 0.05) is 24.8 Å². The van der Waals surface area contributed by atoms with E-state index in [1.807, 2.05) is 53.4 Å². The predicted molar refractivity (Wildman–Crippen MR) is 113 cm³/mol. The van der Waals surface area contributed by atoms with E-state index in [9.17, 15) is 4.79 Å². The Kier molecular flexibility index (Phi) is 5.09. The van der Waals surface area contributed by atoms with Crippen LogP contribution in [0, 0.1) is 0 Å². The average Bonchev–Trinajstić information content (AvgIpc) is 3.41. The number of likely N-dealkylation sites (tertiary alicyclic amines) is 2. The first kappa shape index (κ1) is 19.0. The number of carbonyl (C=O) groups is 1. The van der Waals surface area contributed by atoms with Crippen LogP contribution in [0.25, 0.3) is 11.5 Å². The molecule has 2 aromatic heterocycles. The first-order valence-corrected chi connectivity index (χ1v) is 10.7. The van der Waals surface area contributed by atoms with Gasteiger partial charge in [-0.2, -0.15) is 0 Å². The minimum atomic E-state index is -0.418. The first-order chi connectivity index (χ1) is 14.7. The summed E-state index contributed by atoms with van der Waals surface area (Å²) in [5.74, 6) is 0.870. The van der Waals surface area contributed by atoms with Crippen molar-refractivity contribution >= 4 is 5.91 Å². The summed E-state index contributed by atoms with van der Waals surface area (Å²) in [6.45, 7) is 2.93. The Balaban J connectivity index is 1.34. The van der Waals surface area contributed by atoms with E-state index in [1.165, 1.54) is 0 Å². The summed E-state index contributed by atoms with van der Waals surface area (Å²) in [6, 6.07) is 15.8. The van der Waals surface area contributed by atoms with Crippen LogP contribution in [-0.4, -0.2) is 44.3 Å². The first-order valence-electron chi connectivity index (χ1n) is 10.7. The highest BCUT2D eigenvalue weighted by molar-refractivity contribution is 5.87. The zero-order valence-corrected chi connectivity index (χ0v) is 17.0. The monoisotopic (exact) mass is 402 g/mol. The number of rotatable bonds is 5. The Morgan fingerprint density at radius 2 is 1.73 bits per heavy atom. The van der Waals surface area contributed by atoms with Crippen molar-refractivity contribution in [1.29, 1.82) is 0 Å². The van der Waals surface area contributed by atoms with Crippen LogP contribution in [0.1, 0.15) is 37.1 Å². The molecule has 2 fully saturated rings. The number of pyridine rings is 1. The van der Waals surface area contributed by atoms with E-state index in [-0.39, 0.29) is 5.91 Å². The van der Waals surface area contributed by atoms with E-state index in [0.717, 1.165) is 55.7 Å². The van der Waals surface area contributed by atoms with Gasteiger partial charge in [-0.25, -0.2) is 4.98 Å². The molecule has 2 saturated heterocycles. The fourth-order valence-electron chi connectivity index (χ4n) is 4.88. The lowest BCUT2D eigenvalue weighted by atomic mass is 9.85. The van der Waals surface area contributed by atoms with Crippen LogP contribution in [0.5, 0.6) is 0 Å². The minimum Gasteiger partial charge on any atom is -0.444 e. The smallest absolute Gasteiger partial charge is 0.243 e. The number of carbonyl (C=O) groups excluding carboxylic acids is 1. The van der Waals surface area contributed by atoms with Crippen LogP contribution in [0.3, 0.4) is 0 Å². The third-order valence-corrected chi connectivity index (χ3v) is 6.33. The zero-order chi connectivity index (χ0) is 20.4. The molecule has 0 saturated carbocycles. The average molecular weight is 402 g/mol. The van der Waals surface area contributed by atoms with Gasteiger partial charge in [-0.05, 0) is 56.5 Å². The lowest BCUT2D eigenvalue weighted by Crippen LogP contribution is -2.59. The highest BCUT2D eigenvalue weighted by atomic mass is 16.3. The topological polar surface area (TPSA) is 62.5 Å². The molecule has 1 amide bonds. The standard InChI is InChI=1S/C24H26N4O2/c29-23-24(11-6-14-27(23)16-20-10-4-5-13-25-20)12-7-15-28(24)17-21-18-30-22(26-21)19-8-2-1-3-9-19/h1-5,8-10,13,18H,6-7,11-12,14-17H2. The number of nitrogens with zero attached hydrogens (tertiary/aromatic N) is 4. The van der Waals surface area contributed by atoms with Gasteiger partial charge in [0.1, 0.15) is 11.8 Å². The summed E-state index contributed by atoms with van der Waals surface area (Å²) in [6.07, 6.45) is 7.39. The molecule has 1 unspecified atom stereocenters. The van der Waals surface area contributed by atoms with Crippen molar-refractivity contribution in [3.8, 4) is 11.5 Å². The Morgan fingerprint density at radius 1 is 0.933 bits per heavy atom. The summed E-state index contributed by atoms with van der Waals surface area (Å²) >= 11 is 0. The number of amides is 1. The lowest BCUT2D eigenvalue weighted by molar-refractivity contribution is -0.148. The second-order valence-corrected chi connectivity index (χ2v) is 8.22. The quantitative estimate of drug-likeness (QED) is 0.648. The molecular formula is C24H26N4O2. The molecule has 154 valence electrons. The van der Waals surface area contributed by atoms with Crippen LogP contribution in [0.2, 0.25) is 0 Å². The molecule has 5 rings (SSSR count). The maximum absolute atomic E-state index is 13.6. The van der Waals surface area contributed by atoms with Gasteiger partial charge in [-0.3, -0.25) is 14.7 Å². The molecule has 6 heteroatoms. The van der Waals surface area contributed by atoms with E-state index in [2.05, 4.69) is 9.88 Å². The summed E-state index contributed by atoms with van der Waals surface area (Å²) < 4.78 is 5.72. The van der Waals surface area contributed by atoms with Gasteiger partial charge in [0.15, 0.2) is 0 Å². The van der Waals surface area contributed by atoms with Gasteiger partial charge < -0.3 is 9.32 Å². The van der Waals surface area contributed by atoms with Gasteiger partial charge in [0.25, 0.3) is 0 Å². The van der Waals surface area contributed by atoms with Crippen molar-refractivity contribution in [2.45, 2.75) is 44.3 Å². The highest BCUT2D eigenvalue weighted by Gasteiger charge is 2.50. The molecule has 1 atom stereocenters. The molecule has 2 aliphatic heterocycles. The third kappa shape index (κ3) is 3.52. The summed E-state index contributed by atoms with van der Waals surface area (Å²) in [4.78, 5) is 27.0. The molecule has 0 aliphatic carbocycles. The van der Waals surface area contributed by atoms with Gasteiger partial charge in [0.05, 0.1) is 17.9 Å². The van der Waals surface area contributed by atoms with Crippen LogP contribution in [0.4, 0.5) is 0 Å². The SMILES string of the molecule is O=C1N(Cc2ccccn2)CCCC12CCCN2Cc1coc(-c2ccccc2)n1. The van der Waals surface area contributed by atoms with Gasteiger partial charge >= 0.3 is 0 Å². The number of piperidine rings is 1. The van der Waals surface area contributed by atoms with Crippen LogP contribution in [-0.2, 0) is 17.9 Å². The van der Waals surface area contributed by atoms with Crippen molar-refractivity contribution in [3.05, 3.63) is 72.4 Å². The van der Waals surface area contributed by atoms with E-state index < -0.39 is 5.54 Å². The van der Waals surface area contributed by atoms with Crippen molar-refractivity contribution in [2.24, 2.45) is 0 Å².